The van der Waals surface area contributed by atoms with Crippen LogP contribution in [-0.4, -0.2) is 45.7 Å². The lowest BCUT2D eigenvalue weighted by Crippen LogP contribution is -2.70. The zero-order chi connectivity index (χ0) is 15.9. The van der Waals surface area contributed by atoms with Gasteiger partial charge in [0, 0.05) is 24.0 Å². The quantitative estimate of drug-likeness (QED) is 0.867. The zero-order valence-corrected chi connectivity index (χ0v) is 12.6. The largest absolute Gasteiger partial charge is 0.476 e. The van der Waals surface area contributed by atoms with Gasteiger partial charge in [-0.25, -0.2) is 14.8 Å². The molecule has 2 heterocycles. The van der Waals surface area contributed by atoms with Crippen LogP contribution in [0.15, 0.2) is 12.4 Å². The van der Waals surface area contributed by atoms with Crippen molar-refractivity contribution in [1.82, 2.24) is 15.3 Å². The minimum absolute atomic E-state index is 0.0336. The van der Waals surface area contributed by atoms with E-state index in [1.165, 1.54) is 6.20 Å². The molecule has 3 atom stereocenters. The molecule has 2 aliphatic rings. The fourth-order valence-corrected chi connectivity index (χ4v) is 3.59. The Balaban J connectivity index is 1.70. The number of fused-ring (bicyclic) bond motifs is 1. The molecule has 7 nitrogen and oxygen atoms in total. The molecule has 1 aliphatic heterocycles. The monoisotopic (exact) mass is 305 g/mol. The summed E-state index contributed by atoms with van der Waals surface area (Å²) < 4.78 is 5.81. The molecule has 0 radical (unpaired) electrons. The summed E-state index contributed by atoms with van der Waals surface area (Å²) >= 11 is 0. The SMILES string of the molecule is CC1(C)C(NC(=O)c2cnc(C(=O)O)cn2)C2CCCOC21. The first-order chi connectivity index (χ1) is 10.4. The molecule has 3 rings (SSSR count). The summed E-state index contributed by atoms with van der Waals surface area (Å²) in [4.78, 5) is 30.6. The van der Waals surface area contributed by atoms with Gasteiger partial charge >= 0.3 is 5.97 Å². The highest BCUT2D eigenvalue weighted by atomic mass is 16.5. The van der Waals surface area contributed by atoms with Gasteiger partial charge in [-0.2, -0.15) is 0 Å². The molecule has 0 aromatic carbocycles. The Morgan fingerprint density at radius 3 is 2.64 bits per heavy atom. The molecule has 1 saturated carbocycles. The minimum atomic E-state index is -1.17. The van der Waals surface area contributed by atoms with Crippen molar-refractivity contribution in [2.45, 2.75) is 38.8 Å². The van der Waals surface area contributed by atoms with E-state index in [0.717, 1.165) is 25.6 Å². The molecule has 1 saturated heterocycles. The number of aromatic nitrogens is 2. The van der Waals surface area contributed by atoms with Crippen LogP contribution in [0.25, 0.3) is 0 Å². The standard InChI is InChI=1S/C15H19N3O4/c1-15(2)11(8-4-3-5-22-12(8)15)18-13(19)9-6-17-10(7-16-9)14(20)21/h6-8,11-12H,3-5H2,1-2H3,(H,18,19)(H,20,21). The molecule has 0 bridgehead atoms. The van der Waals surface area contributed by atoms with E-state index in [0.29, 0.717) is 5.92 Å². The summed E-state index contributed by atoms with van der Waals surface area (Å²) in [5, 5.41) is 11.8. The first kappa shape index (κ1) is 14.9. The smallest absolute Gasteiger partial charge is 0.356 e. The van der Waals surface area contributed by atoms with Crippen LogP contribution in [0.4, 0.5) is 0 Å². The molecule has 2 N–H and O–H groups in total. The number of hydrogen-bond acceptors (Lipinski definition) is 5. The molecule has 1 aliphatic carbocycles. The summed E-state index contributed by atoms with van der Waals surface area (Å²) in [6.45, 7) is 4.96. The fraction of sp³-hybridized carbons (Fsp3) is 0.600. The number of carboxylic acids is 1. The summed E-state index contributed by atoms with van der Waals surface area (Å²) in [5.74, 6) is -1.16. The van der Waals surface area contributed by atoms with Crippen molar-refractivity contribution in [3.8, 4) is 0 Å². The van der Waals surface area contributed by atoms with Gasteiger partial charge in [0.15, 0.2) is 5.69 Å². The van der Waals surface area contributed by atoms with Crippen molar-refractivity contribution in [1.29, 1.82) is 0 Å². The van der Waals surface area contributed by atoms with E-state index < -0.39 is 5.97 Å². The van der Waals surface area contributed by atoms with Crippen molar-refractivity contribution < 1.29 is 19.4 Å². The molecule has 3 unspecified atom stereocenters. The van der Waals surface area contributed by atoms with E-state index in [1.807, 2.05) is 0 Å². The van der Waals surface area contributed by atoms with Crippen molar-refractivity contribution in [2.24, 2.45) is 11.3 Å². The minimum Gasteiger partial charge on any atom is -0.476 e. The molecule has 22 heavy (non-hydrogen) atoms. The van der Waals surface area contributed by atoms with Crippen LogP contribution in [0.5, 0.6) is 0 Å². The summed E-state index contributed by atoms with van der Waals surface area (Å²) in [5.41, 5.74) is -0.169. The van der Waals surface area contributed by atoms with E-state index >= 15 is 0 Å². The summed E-state index contributed by atoms with van der Waals surface area (Å²) in [6.07, 6.45) is 4.53. The van der Waals surface area contributed by atoms with Crippen LogP contribution in [-0.2, 0) is 4.74 Å². The number of carbonyl (C=O) groups is 2. The third-order valence-electron chi connectivity index (χ3n) is 4.72. The van der Waals surface area contributed by atoms with Gasteiger partial charge in [0.2, 0.25) is 0 Å². The fourth-order valence-electron chi connectivity index (χ4n) is 3.59. The molecular weight excluding hydrogens is 286 g/mol. The zero-order valence-electron chi connectivity index (χ0n) is 12.6. The van der Waals surface area contributed by atoms with Crippen molar-refractivity contribution in [3.05, 3.63) is 23.8 Å². The second-order valence-electron chi connectivity index (χ2n) is 6.46. The van der Waals surface area contributed by atoms with Gasteiger partial charge in [0.05, 0.1) is 18.5 Å². The third kappa shape index (κ3) is 2.35. The predicted octanol–water partition coefficient (Wildman–Crippen LogP) is 1.11. The number of hydrogen-bond donors (Lipinski definition) is 2. The maximum Gasteiger partial charge on any atom is 0.356 e. The van der Waals surface area contributed by atoms with Crippen LogP contribution in [0.2, 0.25) is 0 Å². The maximum atomic E-state index is 12.3. The molecule has 0 spiro atoms. The maximum absolute atomic E-state index is 12.3. The number of rotatable bonds is 3. The first-order valence-corrected chi connectivity index (χ1v) is 7.39. The van der Waals surface area contributed by atoms with Gasteiger partial charge in [0.25, 0.3) is 5.91 Å². The molecule has 1 aromatic rings. The number of nitrogens with one attached hydrogen (secondary N) is 1. The number of carboxylic acid groups (broad SMARTS) is 1. The normalized spacial score (nSPS) is 29.1. The average molecular weight is 305 g/mol. The van der Waals surface area contributed by atoms with Crippen LogP contribution in [0, 0.1) is 11.3 Å². The van der Waals surface area contributed by atoms with Gasteiger partial charge < -0.3 is 15.2 Å². The van der Waals surface area contributed by atoms with Crippen LogP contribution >= 0.6 is 0 Å². The van der Waals surface area contributed by atoms with Crippen LogP contribution in [0.3, 0.4) is 0 Å². The lowest BCUT2D eigenvalue weighted by Gasteiger charge is -2.59. The van der Waals surface area contributed by atoms with E-state index in [-0.39, 0.29) is 34.9 Å². The number of nitrogens with zero attached hydrogens (tertiary/aromatic N) is 2. The number of carbonyl (C=O) groups excluding carboxylic acids is 1. The summed E-state index contributed by atoms with van der Waals surface area (Å²) in [7, 11) is 0. The van der Waals surface area contributed by atoms with E-state index in [2.05, 4.69) is 29.1 Å². The molecule has 1 amide bonds. The van der Waals surface area contributed by atoms with Gasteiger partial charge in [-0.15, -0.1) is 0 Å². The second-order valence-corrected chi connectivity index (χ2v) is 6.46. The number of ether oxygens (including phenoxy) is 1. The van der Waals surface area contributed by atoms with Gasteiger partial charge in [-0.3, -0.25) is 4.79 Å². The predicted molar refractivity (Wildman–Crippen MR) is 76.5 cm³/mol. The highest BCUT2D eigenvalue weighted by Gasteiger charge is 2.58. The molecular formula is C15H19N3O4. The highest BCUT2D eigenvalue weighted by molar-refractivity contribution is 5.93. The van der Waals surface area contributed by atoms with Crippen molar-refractivity contribution in [3.63, 3.8) is 0 Å². The number of amides is 1. The van der Waals surface area contributed by atoms with Gasteiger partial charge in [-0.05, 0) is 12.8 Å². The van der Waals surface area contributed by atoms with Gasteiger partial charge in [-0.1, -0.05) is 13.8 Å². The second kappa shape index (κ2) is 5.31. The van der Waals surface area contributed by atoms with E-state index in [9.17, 15) is 9.59 Å². The molecule has 7 heteroatoms. The Hall–Kier alpha value is -2.02. The van der Waals surface area contributed by atoms with Crippen LogP contribution < -0.4 is 5.32 Å². The van der Waals surface area contributed by atoms with E-state index in [4.69, 9.17) is 9.84 Å². The molecule has 118 valence electrons. The number of aromatic carboxylic acids is 1. The topological polar surface area (TPSA) is 101 Å². The molecule has 2 fully saturated rings. The van der Waals surface area contributed by atoms with Crippen molar-refractivity contribution in [2.75, 3.05) is 6.61 Å². The first-order valence-electron chi connectivity index (χ1n) is 7.39. The lowest BCUT2D eigenvalue weighted by atomic mass is 9.55. The van der Waals surface area contributed by atoms with E-state index in [1.54, 1.807) is 0 Å². The third-order valence-corrected chi connectivity index (χ3v) is 4.72. The molecule has 1 aromatic heterocycles. The highest BCUT2D eigenvalue weighted by Crippen LogP contribution is 2.51. The Kier molecular flexibility index (Phi) is 3.60. The Morgan fingerprint density at radius 2 is 2.00 bits per heavy atom. The lowest BCUT2D eigenvalue weighted by molar-refractivity contribution is -0.189. The Morgan fingerprint density at radius 1 is 1.32 bits per heavy atom. The Labute approximate surface area is 128 Å². The van der Waals surface area contributed by atoms with Gasteiger partial charge in [0.1, 0.15) is 5.69 Å². The Bertz CT molecular complexity index is 599. The van der Waals surface area contributed by atoms with Crippen molar-refractivity contribution >= 4 is 11.9 Å². The van der Waals surface area contributed by atoms with Crippen LogP contribution in [0.1, 0.15) is 47.7 Å². The average Bonchev–Trinajstić information content (AvgIpc) is 2.52. The summed E-state index contributed by atoms with van der Waals surface area (Å²) in [6, 6.07) is 0.0336.